The molecule has 5 nitrogen and oxygen atoms in total. The lowest BCUT2D eigenvalue weighted by Gasteiger charge is -2.41. The minimum absolute atomic E-state index is 0.0213. The standard InChI is InChI=1S/C30H31F4N3O2/c1-18-10-13-21(17-24(18)30(32,33)34)35-28(38)23-8-6-16-37(29(39)26-19(2)7-5-9-25(26)31)27(23)20-11-14-22(15-12-20)36(3)4/h5,7,9-15,17,23,27H,6,8,16H2,1-4H3,(H,35,38)/t23-,27?/m0/s1. The van der Waals surface area contributed by atoms with Crippen LogP contribution in [0.15, 0.2) is 60.7 Å². The Morgan fingerprint density at radius 1 is 0.974 bits per heavy atom. The number of halogens is 4. The van der Waals surface area contributed by atoms with Crippen LogP contribution in [0.4, 0.5) is 28.9 Å². The van der Waals surface area contributed by atoms with Gasteiger partial charge in [-0.1, -0.05) is 30.3 Å². The Hall–Kier alpha value is -3.88. The first-order valence-corrected chi connectivity index (χ1v) is 12.7. The molecule has 0 aromatic heterocycles. The van der Waals surface area contributed by atoms with Crippen LogP contribution in [0, 0.1) is 25.6 Å². The van der Waals surface area contributed by atoms with Gasteiger partial charge in [0.2, 0.25) is 5.91 Å². The average Bonchev–Trinajstić information content (AvgIpc) is 2.88. The number of rotatable bonds is 5. The van der Waals surface area contributed by atoms with Crippen molar-refractivity contribution in [3.63, 3.8) is 0 Å². The lowest BCUT2D eigenvalue weighted by Crippen LogP contribution is -2.46. The van der Waals surface area contributed by atoms with Gasteiger partial charge in [0.15, 0.2) is 0 Å². The predicted octanol–water partition coefficient (Wildman–Crippen LogP) is 6.76. The summed E-state index contributed by atoms with van der Waals surface area (Å²) in [6.45, 7) is 3.32. The summed E-state index contributed by atoms with van der Waals surface area (Å²) in [7, 11) is 3.78. The molecule has 206 valence electrons. The molecule has 0 spiro atoms. The summed E-state index contributed by atoms with van der Waals surface area (Å²) >= 11 is 0. The highest BCUT2D eigenvalue weighted by atomic mass is 19.4. The number of carbonyl (C=O) groups is 2. The summed E-state index contributed by atoms with van der Waals surface area (Å²) in [4.78, 5) is 30.8. The molecular weight excluding hydrogens is 510 g/mol. The number of carbonyl (C=O) groups excluding carboxylic acids is 2. The molecule has 2 atom stereocenters. The van der Waals surface area contributed by atoms with E-state index in [9.17, 15) is 27.2 Å². The molecule has 2 amide bonds. The highest BCUT2D eigenvalue weighted by Gasteiger charge is 2.41. The summed E-state index contributed by atoms with van der Waals surface area (Å²) in [6, 6.07) is 14.7. The van der Waals surface area contributed by atoms with Crippen molar-refractivity contribution < 1.29 is 27.2 Å². The van der Waals surface area contributed by atoms with Gasteiger partial charge in [0.25, 0.3) is 5.91 Å². The second-order valence-electron chi connectivity index (χ2n) is 10.1. The van der Waals surface area contributed by atoms with E-state index < -0.39 is 41.3 Å². The van der Waals surface area contributed by atoms with Crippen LogP contribution in [0.5, 0.6) is 0 Å². The molecule has 1 saturated heterocycles. The van der Waals surface area contributed by atoms with Gasteiger partial charge in [-0.25, -0.2) is 4.39 Å². The number of likely N-dealkylation sites (tertiary alicyclic amines) is 1. The second kappa shape index (κ2) is 11.1. The van der Waals surface area contributed by atoms with E-state index in [1.54, 1.807) is 13.0 Å². The zero-order valence-electron chi connectivity index (χ0n) is 22.3. The highest BCUT2D eigenvalue weighted by Crippen LogP contribution is 2.39. The number of amides is 2. The van der Waals surface area contributed by atoms with Gasteiger partial charge in [0, 0.05) is 32.0 Å². The monoisotopic (exact) mass is 541 g/mol. The lowest BCUT2D eigenvalue weighted by atomic mass is 9.83. The minimum atomic E-state index is -4.56. The van der Waals surface area contributed by atoms with Crippen molar-refractivity contribution in [2.75, 3.05) is 30.9 Å². The molecule has 1 N–H and O–H groups in total. The largest absolute Gasteiger partial charge is 0.416 e. The van der Waals surface area contributed by atoms with Crippen LogP contribution in [0.25, 0.3) is 0 Å². The van der Waals surface area contributed by atoms with E-state index in [2.05, 4.69) is 5.32 Å². The molecule has 0 radical (unpaired) electrons. The van der Waals surface area contributed by atoms with Crippen LogP contribution in [-0.2, 0) is 11.0 Å². The van der Waals surface area contributed by atoms with Crippen molar-refractivity contribution in [1.82, 2.24) is 4.90 Å². The van der Waals surface area contributed by atoms with Crippen LogP contribution in [-0.4, -0.2) is 37.4 Å². The summed E-state index contributed by atoms with van der Waals surface area (Å²) < 4.78 is 55.2. The number of hydrogen-bond donors (Lipinski definition) is 1. The summed E-state index contributed by atoms with van der Waals surface area (Å²) in [5.74, 6) is -2.45. The average molecular weight is 542 g/mol. The fourth-order valence-electron chi connectivity index (χ4n) is 5.17. The molecule has 1 aliphatic heterocycles. The molecule has 3 aromatic rings. The maximum Gasteiger partial charge on any atom is 0.416 e. The first-order chi connectivity index (χ1) is 18.4. The molecule has 9 heteroatoms. The van der Waals surface area contributed by atoms with Gasteiger partial charge in [-0.15, -0.1) is 0 Å². The lowest BCUT2D eigenvalue weighted by molar-refractivity contribution is -0.138. The first kappa shape index (κ1) is 28.1. The number of piperidine rings is 1. The maximum atomic E-state index is 14.8. The maximum absolute atomic E-state index is 14.8. The molecule has 0 bridgehead atoms. The number of hydrogen-bond acceptors (Lipinski definition) is 3. The fraction of sp³-hybridized carbons (Fsp3) is 0.333. The van der Waals surface area contributed by atoms with E-state index >= 15 is 0 Å². The fourth-order valence-corrected chi connectivity index (χ4v) is 5.17. The topological polar surface area (TPSA) is 52.7 Å². The quantitative estimate of drug-likeness (QED) is 0.363. The second-order valence-corrected chi connectivity index (χ2v) is 10.1. The molecule has 1 aliphatic rings. The van der Waals surface area contributed by atoms with E-state index in [1.807, 2.05) is 43.3 Å². The van der Waals surface area contributed by atoms with Gasteiger partial charge < -0.3 is 15.1 Å². The van der Waals surface area contributed by atoms with E-state index in [0.717, 1.165) is 11.8 Å². The van der Waals surface area contributed by atoms with Crippen LogP contribution in [0.3, 0.4) is 0 Å². The van der Waals surface area contributed by atoms with Gasteiger partial charge >= 0.3 is 6.18 Å². The predicted molar refractivity (Wildman–Crippen MR) is 143 cm³/mol. The number of alkyl halides is 3. The third kappa shape index (κ3) is 5.92. The van der Waals surface area contributed by atoms with E-state index in [0.29, 0.717) is 30.5 Å². The molecule has 0 saturated carbocycles. The summed E-state index contributed by atoms with van der Waals surface area (Å²) in [5, 5.41) is 2.64. The summed E-state index contributed by atoms with van der Waals surface area (Å²) in [5.41, 5.74) is 1.27. The molecule has 39 heavy (non-hydrogen) atoms. The number of aryl methyl sites for hydroxylation is 2. The number of nitrogens with one attached hydrogen (secondary N) is 1. The van der Waals surface area contributed by atoms with E-state index in [1.165, 1.54) is 36.1 Å². The zero-order chi connectivity index (χ0) is 28.5. The zero-order valence-corrected chi connectivity index (χ0v) is 22.3. The Kier molecular flexibility index (Phi) is 7.99. The minimum Gasteiger partial charge on any atom is -0.378 e. The molecular formula is C30H31F4N3O2. The van der Waals surface area contributed by atoms with Crippen LogP contribution in [0.1, 0.15) is 51.5 Å². The third-order valence-electron chi connectivity index (χ3n) is 7.23. The highest BCUT2D eigenvalue weighted by molar-refractivity contribution is 5.98. The Labute approximate surface area is 225 Å². The van der Waals surface area contributed by atoms with Gasteiger partial charge in [-0.2, -0.15) is 13.2 Å². The Morgan fingerprint density at radius 3 is 2.28 bits per heavy atom. The van der Waals surface area contributed by atoms with Crippen molar-refractivity contribution in [2.45, 2.75) is 38.9 Å². The smallest absolute Gasteiger partial charge is 0.378 e. The molecule has 0 aliphatic carbocycles. The first-order valence-electron chi connectivity index (χ1n) is 12.7. The SMILES string of the molecule is Cc1ccc(NC(=O)[C@H]2CCCN(C(=O)c3c(C)cccc3F)C2c2ccc(N(C)C)cc2)cc1C(F)(F)F. The van der Waals surface area contributed by atoms with Crippen molar-refractivity contribution in [3.05, 3.63) is 94.3 Å². The van der Waals surface area contributed by atoms with Crippen molar-refractivity contribution in [1.29, 1.82) is 0 Å². The van der Waals surface area contributed by atoms with Gasteiger partial charge in [-0.05, 0) is 73.7 Å². The van der Waals surface area contributed by atoms with Gasteiger partial charge in [0.1, 0.15) is 5.82 Å². The molecule has 4 rings (SSSR count). The van der Waals surface area contributed by atoms with E-state index in [4.69, 9.17) is 0 Å². The Balaban J connectivity index is 1.73. The number of nitrogens with zero attached hydrogens (tertiary/aromatic N) is 2. The van der Waals surface area contributed by atoms with Crippen molar-refractivity contribution in [2.24, 2.45) is 5.92 Å². The van der Waals surface area contributed by atoms with Gasteiger partial charge in [-0.3, -0.25) is 9.59 Å². The van der Waals surface area contributed by atoms with Crippen LogP contribution < -0.4 is 10.2 Å². The van der Waals surface area contributed by atoms with Crippen LogP contribution >= 0.6 is 0 Å². The van der Waals surface area contributed by atoms with Crippen molar-refractivity contribution in [3.8, 4) is 0 Å². The van der Waals surface area contributed by atoms with Crippen LogP contribution in [0.2, 0.25) is 0 Å². The summed E-state index contributed by atoms with van der Waals surface area (Å²) in [6.07, 6.45) is -3.68. The molecule has 1 unspecified atom stereocenters. The normalized spacial score (nSPS) is 17.6. The number of anilines is 2. The van der Waals surface area contributed by atoms with Gasteiger partial charge in [0.05, 0.1) is 23.1 Å². The molecule has 1 heterocycles. The molecule has 1 fully saturated rings. The third-order valence-corrected chi connectivity index (χ3v) is 7.23. The van der Waals surface area contributed by atoms with Crippen molar-refractivity contribution >= 4 is 23.2 Å². The Morgan fingerprint density at radius 2 is 1.67 bits per heavy atom. The number of benzene rings is 3. The van der Waals surface area contributed by atoms with E-state index in [-0.39, 0.29) is 16.8 Å². The Bertz CT molecular complexity index is 1350. The molecule has 3 aromatic carbocycles.